The van der Waals surface area contributed by atoms with E-state index in [9.17, 15) is 94.0 Å². The molecule has 4 aliphatic heterocycles. The third-order valence-corrected chi connectivity index (χ3v) is 23.5. The smallest absolute Gasteiger partial charge is 0.327 e. The summed E-state index contributed by atoms with van der Waals surface area (Å²) in [5.74, 6) is -2.09. The van der Waals surface area contributed by atoms with Gasteiger partial charge in [-0.25, -0.2) is 0 Å². The highest BCUT2D eigenvalue weighted by atomic mass is 31.2. The summed E-state index contributed by atoms with van der Waals surface area (Å²) in [6, 6.07) is -0.387. The number of aliphatic hydroxyl groups excluding tert-OH is 10. The normalized spacial score (nSPS) is 26.6. The second-order valence-electron chi connectivity index (χ2n) is 32.3. The number of ketones is 5. The lowest BCUT2D eigenvalue weighted by Crippen LogP contribution is -2.55. The van der Waals surface area contributed by atoms with Crippen LogP contribution in [0.15, 0.2) is 0 Å². The number of Topliss-reactive ketones (excluding diaryl/α,β-unsaturated/α-hetero) is 5. The highest BCUT2D eigenvalue weighted by molar-refractivity contribution is 7.52. The molecule has 34 heteroatoms. The van der Waals surface area contributed by atoms with Crippen molar-refractivity contribution in [3.8, 4) is 0 Å². The maximum atomic E-state index is 14.2. The van der Waals surface area contributed by atoms with Crippen molar-refractivity contribution in [2.45, 2.75) is 331 Å². The Labute approximate surface area is 686 Å². The number of rotatable bonds is 69. The number of β-amino-alcohol motifs (C(OH)–C–C–N with tert-alkyl or cyclic N) is 1. The van der Waals surface area contributed by atoms with E-state index in [1.54, 1.807) is 25.7 Å². The summed E-state index contributed by atoms with van der Waals surface area (Å²) in [6.45, 7) is 6.41. The van der Waals surface area contributed by atoms with Gasteiger partial charge < -0.3 is 118 Å². The average Bonchev–Trinajstić information content (AvgIpc) is 1.41. The second kappa shape index (κ2) is 59.8. The third-order valence-electron chi connectivity index (χ3n) is 22.2. The monoisotopic (exact) mass is 1680 g/mol. The minimum atomic E-state index is -3.25. The number of nitrogens with one attached hydrogen (secondary N) is 2. The Hall–Kier alpha value is -3.85. The molecule has 0 bridgehead atoms. The van der Waals surface area contributed by atoms with Crippen LogP contribution in [0, 0.1) is 23.2 Å². The van der Waals surface area contributed by atoms with Crippen LogP contribution in [0.5, 0.6) is 0 Å². The van der Waals surface area contributed by atoms with Crippen LogP contribution in [-0.4, -0.2) is 308 Å². The zero-order chi connectivity index (χ0) is 85.3. The first kappa shape index (κ1) is 104. The minimum absolute atomic E-state index is 0.0114. The maximum absolute atomic E-state index is 14.2. The first-order chi connectivity index (χ1) is 55.6. The molecule has 4 rings (SSSR count). The number of aliphatic hydroxyl groups is 10. The quantitative estimate of drug-likeness (QED) is 0.0279. The van der Waals surface area contributed by atoms with Gasteiger partial charge in [0.1, 0.15) is 65.5 Å². The summed E-state index contributed by atoms with van der Waals surface area (Å²) in [5, 5.41) is 106. The Balaban J connectivity index is 1.28. The summed E-state index contributed by atoms with van der Waals surface area (Å²) in [5.41, 5.74) is -1.10. The van der Waals surface area contributed by atoms with E-state index in [2.05, 4.69) is 10.6 Å². The zero-order valence-electron chi connectivity index (χ0n) is 69.9. The lowest BCUT2D eigenvalue weighted by atomic mass is 9.83. The number of hydrogen-bond acceptors (Lipinski definition) is 30. The molecule has 674 valence electrons. The SMILES string of the molecule is COP(C)(=O)OC[C@@H]1CC(O)CN1C(=O)CCCCCCCCCCC(=O)CC(COCCC(=O)CCCCCC(=O)CCCCOC1OC(CO)C(O)C(O)C1C)(COCCC(=O)CCCCCC(=O)CCCCOC1OC(CO)C(O)C(O)C1C)COCCC(=O)NCCCNC(=O)CCCCOC1OC(CO)C(O)C(O)C1C. The average molecular weight is 1690 g/mol. The molecule has 0 aromatic heterocycles. The molecule has 4 heterocycles. The van der Waals surface area contributed by atoms with Crippen LogP contribution >= 0.6 is 7.60 Å². The van der Waals surface area contributed by atoms with E-state index < -0.39 is 130 Å². The number of nitrogens with zero attached hydrogens (tertiary/aromatic N) is 1. The summed E-state index contributed by atoms with van der Waals surface area (Å²) in [6.07, 6.45) is 4.27. The first-order valence-corrected chi connectivity index (χ1v) is 44.9. The largest absolute Gasteiger partial charge is 0.394 e. The Morgan fingerprint density at radius 2 is 0.741 bits per heavy atom. The van der Waals surface area contributed by atoms with Crippen LogP contribution in [0.25, 0.3) is 0 Å². The van der Waals surface area contributed by atoms with Gasteiger partial charge in [-0.15, -0.1) is 0 Å². The lowest BCUT2D eigenvalue weighted by Gasteiger charge is -2.40. The van der Waals surface area contributed by atoms with Crippen molar-refractivity contribution in [1.29, 1.82) is 0 Å². The fraction of sp³-hybridized carbons (Fsp3) is 0.902. The van der Waals surface area contributed by atoms with Crippen LogP contribution in [0.1, 0.15) is 245 Å². The van der Waals surface area contributed by atoms with E-state index in [0.29, 0.717) is 141 Å². The Bertz CT molecular complexity index is 2600. The Morgan fingerprint density at radius 3 is 1.13 bits per heavy atom. The van der Waals surface area contributed by atoms with Gasteiger partial charge in [0, 0.05) is 160 Å². The van der Waals surface area contributed by atoms with Crippen molar-refractivity contribution in [3.05, 3.63) is 0 Å². The van der Waals surface area contributed by atoms with Crippen molar-refractivity contribution in [2.75, 3.05) is 119 Å². The number of hydrogen-bond donors (Lipinski definition) is 12. The second-order valence-corrected chi connectivity index (χ2v) is 34.5. The predicted molar refractivity (Wildman–Crippen MR) is 424 cm³/mol. The molecule has 4 fully saturated rings. The van der Waals surface area contributed by atoms with E-state index in [1.165, 1.54) is 13.8 Å². The van der Waals surface area contributed by atoms with Gasteiger partial charge >= 0.3 is 7.60 Å². The molecule has 18 atom stereocenters. The van der Waals surface area contributed by atoms with Gasteiger partial charge in [-0.3, -0.25) is 42.9 Å². The van der Waals surface area contributed by atoms with Crippen LogP contribution in [0.4, 0.5) is 0 Å². The summed E-state index contributed by atoms with van der Waals surface area (Å²) in [7, 11) is -1.96. The molecule has 12 N–H and O–H groups in total. The van der Waals surface area contributed by atoms with Gasteiger partial charge in [0.2, 0.25) is 17.7 Å². The molecule has 0 saturated carbocycles. The van der Waals surface area contributed by atoms with Crippen molar-refractivity contribution < 1.29 is 146 Å². The first-order valence-electron chi connectivity index (χ1n) is 42.9. The predicted octanol–water partition coefficient (Wildman–Crippen LogP) is 5.09. The molecule has 0 radical (unpaired) electrons. The molecule has 0 aliphatic carbocycles. The van der Waals surface area contributed by atoms with Gasteiger partial charge in [0.05, 0.1) is 96.5 Å². The number of amides is 3. The fourth-order valence-electron chi connectivity index (χ4n) is 14.5. The summed E-state index contributed by atoms with van der Waals surface area (Å²) >= 11 is 0. The summed E-state index contributed by atoms with van der Waals surface area (Å²) < 4.78 is 75.5. The highest BCUT2D eigenvalue weighted by Gasteiger charge is 2.45. The Morgan fingerprint density at radius 1 is 0.414 bits per heavy atom. The van der Waals surface area contributed by atoms with Crippen molar-refractivity contribution in [3.63, 3.8) is 0 Å². The van der Waals surface area contributed by atoms with Gasteiger partial charge in [0.25, 0.3) is 0 Å². The minimum Gasteiger partial charge on any atom is -0.394 e. The zero-order valence-corrected chi connectivity index (χ0v) is 70.8. The van der Waals surface area contributed by atoms with Crippen LogP contribution in [0.3, 0.4) is 0 Å². The van der Waals surface area contributed by atoms with E-state index >= 15 is 0 Å². The van der Waals surface area contributed by atoms with E-state index in [4.69, 9.17) is 51.7 Å². The molecule has 17 unspecified atom stereocenters. The lowest BCUT2D eigenvalue weighted by molar-refractivity contribution is -0.282. The topological polar surface area (TPSA) is 485 Å². The van der Waals surface area contributed by atoms with E-state index in [-0.39, 0.29) is 183 Å². The molecule has 4 aliphatic rings. The van der Waals surface area contributed by atoms with Gasteiger partial charge in [-0.2, -0.15) is 0 Å². The molecule has 4 saturated heterocycles. The molecule has 0 spiro atoms. The van der Waals surface area contributed by atoms with Crippen molar-refractivity contribution in [1.82, 2.24) is 15.5 Å². The standard InChI is InChI=1S/C82H146N3O30P/c1-57-73(98)76(101)67(50-86)113-79(57)109-41-23-20-31-61(89)27-15-12-17-29-63(91)36-44-106-54-82(48-65(93)33-14-10-8-6-7-9-11-19-35-72(97)85-49-66(94)47-60(85)53-112-116(5,104)105-4,55-107-45-37-64(92)30-18-13-16-28-62(90)32-21-24-42-110-80-58(2)74(99)77(102)68(51-87)114-80)56-108-46-38-71(96)84-40-26-39-83-70(95)34-22-25-43-111-81-59(3)75(100)78(103)69(52-88)115-81/h57-60,66-69,73-81,86-88,94,98-103H,6-56H2,1-5H3,(H,83,95)(H,84,96)/t57?,58?,59?,60-,66?,67?,68?,69?,73?,74?,75?,76?,77?,78?,79?,80?,81?,82?,116?/m0/s1. The molecular formula is C82H146N3O30P. The molecule has 0 aromatic carbocycles. The number of ether oxygens (including phenoxy) is 9. The molecule has 116 heavy (non-hydrogen) atoms. The maximum Gasteiger partial charge on any atom is 0.327 e. The Kier molecular flexibility index (Phi) is 53.9. The van der Waals surface area contributed by atoms with Crippen LogP contribution in [0.2, 0.25) is 0 Å². The van der Waals surface area contributed by atoms with Gasteiger partial charge in [-0.05, 0) is 89.9 Å². The fourth-order valence-corrected chi connectivity index (χ4v) is 15.1. The molecule has 3 amide bonds. The van der Waals surface area contributed by atoms with E-state index in [0.717, 1.165) is 38.5 Å². The number of likely N-dealkylation sites (tertiary alicyclic amines) is 1. The van der Waals surface area contributed by atoms with Crippen molar-refractivity contribution in [2.24, 2.45) is 23.2 Å². The summed E-state index contributed by atoms with van der Waals surface area (Å²) in [4.78, 5) is 107. The van der Waals surface area contributed by atoms with Crippen molar-refractivity contribution >= 4 is 54.2 Å². The number of carbonyl (C=O) groups is 8. The van der Waals surface area contributed by atoms with Gasteiger partial charge in [0.15, 0.2) is 18.9 Å². The molecular weight excluding hydrogens is 1540 g/mol. The van der Waals surface area contributed by atoms with E-state index in [1.807, 2.05) is 0 Å². The third kappa shape index (κ3) is 41.8. The van der Waals surface area contributed by atoms with Crippen LogP contribution < -0.4 is 10.6 Å². The van der Waals surface area contributed by atoms with Crippen LogP contribution in [-0.2, 0) is 94.6 Å². The molecule has 33 nitrogen and oxygen atoms in total. The highest BCUT2D eigenvalue weighted by Crippen LogP contribution is 2.43. The number of carbonyl (C=O) groups excluding carboxylic acids is 8. The number of unbranched alkanes of at least 4 members (excludes halogenated alkanes) is 14. The molecule has 0 aromatic rings. The van der Waals surface area contributed by atoms with Gasteiger partial charge in [-0.1, -0.05) is 72.1 Å².